The van der Waals surface area contributed by atoms with E-state index in [2.05, 4.69) is 17.9 Å². The van der Waals surface area contributed by atoms with Gasteiger partial charge in [0.05, 0.1) is 17.9 Å². The van der Waals surface area contributed by atoms with Crippen molar-refractivity contribution in [3.8, 4) is 5.75 Å². The van der Waals surface area contributed by atoms with Gasteiger partial charge >= 0.3 is 0 Å². The minimum Gasteiger partial charge on any atom is -0.493 e. The van der Waals surface area contributed by atoms with E-state index in [0.717, 1.165) is 17.7 Å². The number of ether oxygens (including phenoxy) is 1. The molecule has 1 aromatic rings. The van der Waals surface area contributed by atoms with Gasteiger partial charge in [0.25, 0.3) is 0 Å². The van der Waals surface area contributed by atoms with Gasteiger partial charge in [-0.05, 0) is 13.0 Å². The number of hydrogen-bond donors (Lipinski definition) is 2. The number of rotatable bonds is 2. The first-order chi connectivity index (χ1) is 7.68. The zero-order chi connectivity index (χ0) is 11.5. The Bertz CT molecular complexity index is 392. The maximum Gasteiger partial charge on any atom is 0.233 e. The summed E-state index contributed by atoms with van der Waals surface area (Å²) < 4.78 is 5.53. The zero-order valence-electron chi connectivity index (χ0n) is 9.14. The van der Waals surface area contributed by atoms with Crippen LogP contribution in [-0.2, 0) is 4.79 Å². The molecular formula is C12H15NO2S. The highest BCUT2D eigenvalue weighted by Crippen LogP contribution is 2.31. The monoisotopic (exact) mass is 237 g/mol. The Balaban J connectivity index is 2.16. The summed E-state index contributed by atoms with van der Waals surface area (Å²) in [7, 11) is 0. The second-order valence-corrected chi connectivity index (χ2v) is 4.69. The van der Waals surface area contributed by atoms with E-state index in [-0.39, 0.29) is 17.2 Å². The lowest BCUT2D eigenvalue weighted by molar-refractivity contribution is -0.121. The second kappa shape index (κ2) is 4.78. The van der Waals surface area contributed by atoms with Crippen molar-refractivity contribution in [1.82, 2.24) is 5.32 Å². The Hall–Kier alpha value is -1.16. The molecule has 3 nitrogen and oxygen atoms in total. The summed E-state index contributed by atoms with van der Waals surface area (Å²) in [5.74, 6) is 0.830. The standard InChI is InChI=1S/C12H15NO2S/c1-8(16)12(14)13-10-6-7-15-11-5-3-2-4-9(10)11/h2-5,8,10,16H,6-7H2,1H3,(H,13,14). The van der Waals surface area contributed by atoms with Crippen LogP contribution in [0.5, 0.6) is 5.75 Å². The first-order valence-electron chi connectivity index (χ1n) is 5.38. The number of benzene rings is 1. The Morgan fingerprint density at radius 2 is 2.31 bits per heavy atom. The summed E-state index contributed by atoms with van der Waals surface area (Å²) in [6, 6.07) is 7.86. The van der Waals surface area contributed by atoms with Crippen LogP contribution in [0, 0.1) is 0 Å². The molecule has 1 N–H and O–H groups in total. The summed E-state index contributed by atoms with van der Waals surface area (Å²) in [6.07, 6.45) is 0.809. The molecule has 2 atom stereocenters. The summed E-state index contributed by atoms with van der Waals surface area (Å²) in [5, 5.41) is 2.70. The summed E-state index contributed by atoms with van der Waals surface area (Å²) in [6.45, 7) is 2.41. The molecule has 0 aromatic heterocycles. The summed E-state index contributed by atoms with van der Waals surface area (Å²) >= 11 is 4.12. The van der Waals surface area contributed by atoms with Crippen molar-refractivity contribution in [2.75, 3.05) is 6.61 Å². The minimum absolute atomic E-state index is 0.0370. The first-order valence-corrected chi connectivity index (χ1v) is 5.90. The fraction of sp³-hybridized carbons (Fsp3) is 0.417. The molecule has 0 bridgehead atoms. The smallest absolute Gasteiger partial charge is 0.233 e. The number of fused-ring (bicyclic) bond motifs is 1. The third-order valence-electron chi connectivity index (χ3n) is 2.65. The van der Waals surface area contributed by atoms with Gasteiger partial charge in [-0.15, -0.1) is 0 Å². The van der Waals surface area contributed by atoms with Crippen LogP contribution in [-0.4, -0.2) is 17.8 Å². The minimum atomic E-state index is -0.282. The molecule has 2 unspecified atom stereocenters. The largest absolute Gasteiger partial charge is 0.493 e. The Morgan fingerprint density at radius 1 is 1.56 bits per heavy atom. The van der Waals surface area contributed by atoms with E-state index in [4.69, 9.17) is 4.74 Å². The van der Waals surface area contributed by atoms with Crippen molar-refractivity contribution in [3.63, 3.8) is 0 Å². The second-order valence-electron chi connectivity index (χ2n) is 3.91. The van der Waals surface area contributed by atoms with Gasteiger partial charge in [-0.25, -0.2) is 0 Å². The lowest BCUT2D eigenvalue weighted by Crippen LogP contribution is -2.35. The van der Waals surface area contributed by atoms with Crippen molar-refractivity contribution in [3.05, 3.63) is 29.8 Å². The van der Waals surface area contributed by atoms with E-state index >= 15 is 0 Å². The molecule has 1 aliphatic heterocycles. The van der Waals surface area contributed by atoms with Gasteiger partial charge < -0.3 is 10.1 Å². The molecule has 0 saturated heterocycles. The molecule has 86 valence electrons. The molecule has 1 aromatic carbocycles. The Morgan fingerprint density at radius 3 is 3.06 bits per heavy atom. The quantitative estimate of drug-likeness (QED) is 0.772. The molecule has 0 aliphatic carbocycles. The molecule has 2 rings (SSSR count). The number of hydrogen-bond acceptors (Lipinski definition) is 3. The van der Waals surface area contributed by atoms with Crippen LogP contribution in [0.2, 0.25) is 0 Å². The molecule has 0 spiro atoms. The third kappa shape index (κ3) is 2.32. The molecule has 1 aliphatic rings. The molecule has 0 fully saturated rings. The van der Waals surface area contributed by atoms with Gasteiger partial charge in [0, 0.05) is 12.0 Å². The number of nitrogens with one attached hydrogen (secondary N) is 1. The normalized spacial score (nSPS) is 20.5. The molecular weight excluding hydrogens is 222 g/mol. The van der Waals surface area contributed by atoms with Crippen molar-refractivity contribution in [1.29, 1.82) is 0 Å². The van der Waals surface area contributed by atoms with Gasteiger partial charge in [0.1, 0.15) is 5.75 Å². The topological polar surface area (TPSA) is 38.3 Å². The van der Waals surface area contributed by atoms with Gasteiger partial charge in [0.2, 0.25) is 5.91 Å². The predicted molar refractivity (Wildman–Crippen MR) is 65.9 cm³/mol. The van der Waals surface area contributed by atoms with Crippen molar-refractivity contribution >= 4 is 18.5 Å². The fourth-order valence-electron chi connectivity index (χ4n) is 1.78. The van der Waals surface area contributed by atoms with E-state index in [1.807, 2.05) is 24.3 Å². The van der Waals surface area contributed by atoms with E-state index in [0.29, 0.717) is 6.61 Å². The predicted octanol–water partition coefficient (Wildman–Crippen LogP) is 1.94. The number of carbonyl (C=O) groups excluding carboxylic acids is 1. The van der Waals surface area contributed by atoms with Crippen molar-refractivity contribution < 1.29 is 9.53 Å². The highest BCUT2D eigenvalue weighted by Gasteiger charge is 2.23. The van der Waals surface area contributed by atoms with Crippen molar-refractivity contribution in [2.24, 2.45) is 0 Å². The van der Waals surface area contributed by atoms with E-state index in [9.17, 15) is 4.79 Å². The molecule has 1 heterocycles. The van der Waals surface area contributed by atoms with E-state index in [1.54, 1.807) is 6.92 Å². The molecule has 4 heteroatoms. The van der Waals surface area contributed by atoms with Crippen LogP contribution in [0.3, 0.4) is 0 Å². The van der Waals surface area contributed by atoms with E-state index < -0.39 is 0 Å². The molecule has 0 radical (unpaired) electrons. The van der Waals surface area contributed by atoms with Crippen LogP contribution < -0.4 is 10.1 Å². The zero-order valence-corrected chi connectivity index (χ0v) is 10.0. The average molecular weight is 237 g/mol. The lowest BCUT2D eigenvalue weighted by atomic mass is 10.0. The fourth-order valence-corrected chi connectivity index (χ4v) is 1.86. The van der Waals surface area contributed by atoms with Gasteiger partial charge in [-0.1, -0.05) is 18.2 Å². The van der Waals surface area contributed by atoms with Crippen LogP contribution in [0.25, 0.3) is 0 Å². The average Bonchev–Trinajstić information content (AvgIpc) is 2.29. The highest BCUT2D eigenvalue weighted by molar-refractivity contribution is 7.81. The molecule has 16 heavy (non-hydrogen) atoms. The third-order valence-corrected chi connectivity index (χ3v) is 2.89. The van der Waals surface area contributed by atoms with Crippen molar-refractivity contribution in [2.45, 2.75) is 24.6 Å². The SMILES string of the molecule is CC(S)C(=O)NC1CCOc2ccccc21. The van der Waals surface area contributed by atoms with Gasteiger partial charge in [0.15, 0.2) is 0 Å². The maximum atomic E-state index is 11.6. The van der Waals surface area contributed by atoms with E-state index in [1.165, 1.54) is 0 Å². The van der Waals surface area contributed by atoms with Crippen LogP contribution in [0.1, 0.15) is 24.9 Å². The Labute approximate surface area is 101 Å². The van der Waals surface area contributed by atoms with Crippen LogP contribution >= 0.6 is 12.6 Å². The number of para-hydroxylation sites is 1. The highest BCUT2D eigenvalue weighted by atomic mass is 32.1. The lowest BCUT2D eigenvalue weighted by Gasteiger charge is -2.27. The van der Waals surface area contributed by atoms with Gasteiger partial charge in [-0.2, -0.15) is 12.6 Å². The van der Waals surface area contributed by atoms with Crippen LogP contribution in [0.15, 0.2) is 24.3 Å². The Kier molecular flexibility index (Phi) is 3.39. The summed E-state index contributed by atoms with van der Waals surface area (Å²) in [4.78, 5) is 11.6. The maximum absolute atomic E-state index is 11.6. The molecule has 1 amide bonds. The summed E-state index contributed by atoms with van der Waals surface area (Å²) in [5.41, 5.74) is 1.05. The number of amides is 1. The molecule has 0 saturated carbocycles. The number of thiol groups is 1. The number of carbonyl (C=O) groups is 1. The van der Waals surface area contributed by atoms with Gasteiger partial charge in [-0.3, -0.25) is 4.79 Å². The van der Waals surface area contributed by atoms with Crippen LogP contribution in [0.4, 0.5) is 0 Å². The first kappa shape index (κ1) is 11.3.